The molecule has 1 aliphatic heterocycles. The molecule has 3 amide bonds. The van der Waals surface area contributed by atoms with E-state index in [1.165, 1.54) is 11.1 Å². The Hall–Kier alpha value is -2.97. The third kappa shape index (κ3) is 6.00. The Kier molecular flexibility index (Phi) is 7.69. The lowest BCUT2D eigenvalue weighted by Crippen LogP contribution is -2.49. The van der Waals surface area contributed by atoms with Gasteiger partial charge in [-0.3, -0.25) is 19.4 Å². The molecule has 0 aliphatic carbocycles. The fraction of sp³-hybridized carbons (Fsp3) is 0.300. The van der Waals surface area contributed by atoms with Crippen molar-refractivity contribution in [2.24, 2.45) is 0 Å². The van der Waals surface area contributed by atoms with Gasteiger partial charge in [-0.05, 0) is 17.7 Å². The van der Waals surface area contributed by atoms with Crippen LogP contribution in [-0.2, 0) is 25.5 Å². The van der Waals surface area contributed by atoms with Gasteiger partial charge in [-0.2, -0.15) is 0 Å². The van der Waals surface area contributed by atoms with E-state index in [1.54, 1.807) is 32.4 Å². The Morgan fingerprint density at radius 2 is 1.76 bits per heavy atom. The van der Waals surface area contributed by atoms with Crippen LogP contribution >= 0.6 is 12.4 Å². The minimum atomic E-state index is -0.912. The number of carbonyl (C=O) groups is 3. The Balaban J connectivity index is 0.00000300. The van der Waals surface area contributed by atoms with Gasteiger partial charge in [0.15, 0.2) is 12.2 Å². The molecule has 1 aromatic heterocycles. The van der Waals surface area contributed by atoms with E-state index in [-0.39, 0.29) is 18.3 Å². The van der Waals surface area contributed by atoms with E-state index in [0.717, 1.165) is 5.56 Å². The average molecular weight is 419 g/mol. The zero-order valence-corrected chi connectivity index (χ0v) is 16.9. The third-order valence-corrected chi connectivity index (χ3v) is 4.28. The number of rotatable bonds is 7. The third-order valence-electron chi connectivity index (χ3n) is 4.28. The molecule has 1 aromatic carbocycles. The van der Waals surface area contributed by atoms with Crippen LogP contribution in [0.15, 0.2) is 54.9 Å². The van der Waals surface area contributed by atoms with Crippen molar-refractivity contribution in [3.63, 3.8) is 0 Å². The van der Waals surface area contributed by atoms with Crippen LogP contribution in [0.4, 0.5) is 5.69 Å². The van der Waals surface area contributed by atoms with Gasteiger partial charge in [0.1, 0.15) is 6.04 Å². The first-order valence-electron chi connectivity index (χ1n) is 8.87. The summed E-state index contributed by atoms with van der Waals surface area (Å²) in [5.74, 6) is -1.14. The van der Waals surface area contributed by atoms with Crippen molar-refractivity contribution < 1.29 is 19.1 Å². The predicted octanol–water partition coefficient (Wildman–Crippen LogP) is 1.02. The first-order chi connectivity index (χ1) is 13.5. The van der Waals surface area contributed by atoms with Gasteiger partial charge in [-0.25, -0.2) is 0 Å². The number of hydrogen-bond donors (Lipinski definition) is 2. The van der Waals surface area contributed by atoms with Crippen LogP contribution in [0.5, 0.6) is 0 Å². The lowest BCUT2D eigenvalue weighted by Gasteiger charge is -2.21. The number of anilines is 1. The highest BCUT2D eigenvalue weighted by Crippen LogP contribution is 2.24. The van der Waals surface area contributed by atoms with Crippen molar-refractivity contribution in [3.05, 3.63) is 60.4 Å². The van der Waals surface area contributed by atoms with Crippen molar-refractivity contribution in [1.82, 2.24) is 15.2 Å². The summed E-state index contributed by atoms with van der Waals surface area (Å²) in [5, 5.41) is 5.35. The lowest BCUT2D eigenvalue weighted by atomic mass is 10.0. The van der Waals surface area contributed by atoms with E-state index in [2.05, 4.69) is 15.6 Å². The highest BCUT2D eigenvalue weighted by atomic mass is 35.5. The summed E-state index contributed by atoms with van der Waals surface area (Å²) in [6, 6.07) is 12.0. The first kappa shape index (κ1) is 22.3. The minimum absolute atomic E-state index is 0. The standard InChI is InChI=1S/C20H22N4O4.ClH/c1-24(2)20(27)15(11-13-7-4-3-5-8-13)23-19(26)17-16(28-17)18(25)22-14-9-6-10-21-12-14;/h3-10,12,15-17H,11H2,1-2H3,(H,22,25)(H,23,26);1H/t15-,16-,17-;/m0./s1. The van der Waals surface area contributed by atoms with Gasteiger partial charge in [-0.15, -0.1) is 12.4 Å². The van der Waals surface area contributed by atoms with E-state index >= 15 is 0 Å². The molecule has 0 unspecified atom stereocenters. The van der Waals surface area contributed by atoms with E-state index in [4.69, 9.17) is 4.74 Å². The highest BCUT2D eigenvalue weighted by Gasteiger charge is 2.51. The van der Waals surface area contributed by atoms with Crippen molar-refractivity contribution in [3.8, 4) is 0 Å². The molecule has 154 valence electrons. The molecule has 8 nitrogen and oxygen atoms in total. The molecule has 0 spiro atoms. The van der Waals surface area contributed by atoms with Gasteiger partial charge in [0.2, 0.25) is 5.91 Å². The van der Waals surface area contributed by atoms with Gasteiger partial charge in [0, 0.05) is 26.7 Å². The number of likely N-dealkylation sites (N-methyl/N-ethyl adjacent to an activating group) is 1. The van der Waals surface area contributed by atoms with Gasteiger partial charge in [0.25, 0.3) is 11.8 Å². The van der Waals surface area contributed by atoms with Crippen molar-refractivity contribution in [2.45, 2.75) is 24.7 Å². The number of pyridine rings is 1. The topological polar surface area (TPSA) is 104 Å². The summed E-state index contributed by atoms with van der Waals surface area (Å²) < 4.78 is 5.23. The van der Waals surface area contributed by atoms with Crippen LogP contribution in [0.25, 0.3) is 0 Å². The van der Waals surface area contributed by atoms with Crippen LogP contribution < -0.4 is 10.6 Å². The summed E-state index contributed by atoms with van der Waals surface area (Å²) in [7, 11) is 3.26. The number of nitrogens with one attached hydrogen (secondary N) is 2. The van der Waals surface area contributed by atoms with Gasteiger partial charge < -0.3 is 20.3 Å². The molecule has 2 aromatic rings. The number of amides is 3. The number of halogens is 1. The van der Waals surface area contributed by atoms with Gasteiger partial charge in [0.05, 0.1) is 11.9 Å². The second-order valence-corrected chi connectivity index (χ2v) is 6.69. The number of benzene rings is 1. The quantitative estimate of drug-likeness (QED) is 0.653. The zero-order valence-electron chi connectivity index (χ0n) is 16.1. The van der Waals surface area contributed by atoms with E-state index in [9.17, 15) is 14.4 Å². The van der Waals surface area contributed by atoms with Gasteiger partial charge in [-0.1, -0.05) is 30.3 Å². The summed E-state index contributed by atoms with van der Waals surface area (Å²) in [4.78, 5) is 42.5. The molecule has 0 bridgehead atoms. The van der Waals surface area contributed by atoms with Crippen LogP contribution in [0.1, 0.15) is 5.56 Å². The number of aromatic nitrogens is 1. The first-order valence-corrected chi connectivity index (χ1v) is 8.87. The Bertz CT molecular complexity index is 848. The Morgan fingerprint density at radius 3 is 2.38 bits per heavy atom. The Labute approximate surface area is 175 Å². The summed E-state index contributed by atoms with van der Waals surface area (Å²) in [6.45, 7) is 0. The molecule has 1 aliphatic rings. The summed E-state index contributed by atoms with van der Waals surface area (Å²) >= 11 is 0. The van der Waals surface area contributed by atoms with E-state index in [1.807, 2.05) is 30.3 Å². The van der Waals surface area contributed by atoms with E-state index in [0.29, 0.717) is 12.1 Å². The summed E-state index contributed by atoms with van der Waals surface area (Å²) in [6.07, 6.45) is 1.65. The number of epoxide rings is 1. The van der Waals surface area contributed by atoms with Crippen LogP contribution in [0.3, 0.4) is 0 Å². The van der Waals surface area contributed by atoms with Gasteiger partial charge >= 0.3 is 0 Å². The fourth-order valence-electron chi connectivity index (χ4n) is 2.78. The lowest BCUT2D eigenvalue weighted by molar-refractivity contribution is -0.134. The maximum absolute atomic E-state index is 12.5. The molecule has 3 atom stereocenters. The second-order valence-electron chi connectivity index (χ2n) is 6.69. The second kappa shape index (κ2) is 9.99. The summed E-state index contributed by atoms with van der Waals surface area (Å²) in [5.41, 5.74) is 1.44. The fourth-order valence-corrected chi connectivity index (χ4v) is 2.78. The Morgan fingerprint density at radius 1 is 1.07 bits per heavy atom. The van der Waals surface area contributed by atoms with Crippen molar-refractivity contribution in [2.75, 3.05) is 19.4 Å². The zero-order chi connectivity index (χ0) is 20.1. The molecule has 3 rings (SSSR count). The molecule has 9 heteroatoms. The number of hydrogen-bond acceptors (Lipinski definition) is 5. The molecule has 1 fully saturated rings. The smallest absolute Gasteiger partial charge is 0.256 e. The van der Waals surface area contributed by atoms with Crippen molar-refractivity contribution in [1.29, 1.82) is 0 Å². The number of carbonyl (C=O) groups excluding carboxylic acids is 3. The number of ether oxygens (including phenoxy) is 1. The maximum Gasteiger partial charge on any atom is 0.256 e. The van der Waals surface area contributed by atoms with Crippen LogP contribution in [0, 0.1) is 0 Å². The number of nitrogens with zero attached hydrogens (tertiary/aromatic N) is 2. The van der Waals surface area contributed by atoms with Crippen LogP contribution in [-0.4, -0.2) is 60.0 Å². The highest BCUT2D eigenvalue weighted by molar-refractivity contribution is 6.02. The molecule has 2 heterocycles. The molecular formula is C20H23ClN4O4. The monoisotopic (exact) mass is 418 g/mol. The molecule has 0 saturated carbocycles. The van der Waals surface area contributed by atoms with Crippen molar-refractivity contribution >= 4 is 35.8 Å². The molecular weight excluding hydrogens is 396 g/mol. The molecule has 29 heavy (non-hydrogen) atoms. The maximum atomic E-state index is 12.5. The minimum Gasteiger partial charge on any atom is -0.349 e. The average Bonchev–Trinajstić information content (AvgIpc) is 3.49. The molecule has 2 N–H and O–H groups in total. The van der Waals surface area contributed by atoms with Crippen LogP contribution in [0.2, 0.25) is 0 Å². The normalized spacial score (nSPS) is 18.0. The van der Waals surface area contributed by atoms with E-state index < -0.39 is 30.1 Å². The SMILES string of the molecule is CN(C)C(=O)[C@H](Cc1ccccc1)NC(=O)[C@H]1O[C@@H]1C(=O)Nc1cccnc1.Cl. The molecule has 1 saturated heterocycles. The molecule has 0 radical (unpaired) electrons. The predicted molar refractivity (Wildman–Crippen MR) is 110 cm³/mol. The largest absolute Gasteiger partial charge is 0.349 e.